The van der Waals surface area contributed by atoms with Crippen molar-refractivity contribution < 1.29 is 24.2 Å². The van der Waals surface area contributed by atoms with Gasteiger partial charge in [-0.15, -0.1) is 0 Å². The highest BCUT2D eigenvalue weighted by atomic mass is 16.5. The van der Waals surface area contributed by atoms with Crippen LogP contribution in [0.1, 0.15) is 29.3 Å². The Hall–Kier alpha value is -3.35. The Morgan fingerprint density at radius 1 is 1.11 bits per heavy atom. The number of hydrogen-bond donors (Lipinski definition) is 2. The molecule has 2 N–H and O–H groups in total. The summed E-state index contributed by atoms with van der Waals surface area (Å²) in [5.74, 6) is -0.913. The number of likely N-dealkylation sites (N-methyl/N-ethyl adjacent to an activating group) is 1. The van der Waals surface area contributed by atoms with E-state index in [0.29, 0.717) is 30.0 Å². The third-order valence-corrected chi connectivity index (χ3v) is 4.28. The molecule has 0 atom stereocenters. The molecule has 0 fully saturated rings. The van der Waals surface area contributed by atoms with Crippen LogP contribution in [0, 0.1) is 0 Å². The lowest BCUT2D eigenvalue weighted by atomic mass is 10.0. The lowest BCUT2D eigenvalue weighted by Crippen LogP contribution is -2.38. The molecule has 0 saturated carbocycles. The highest BCUT2D eigenvalue weighted by Crippen LogP contribution is 2.17. The van der Waals surface area contributed by atoms with Crippen LogP contribution in [-0.2, 0) is 16.0 Å². The predicted octanol–water partition coefficient (Wildman–Crippen LogP) is 2.81. The summed E-state index contributed by atoms with van der Waals surface area (Å²) < 4.78 is 5.12. The molecule has 0 unspecified atom stereocenters. The number of anilines is 1. The van der Waals surface area contributed by atoms with Gasteiger partial charge in [-0.1, -0.05) is 24.3 Å². The number of nitrogens with one attached hydrogen (secondary N) is 1. The Labute approximate surface area is 163 Å². The first-order valence-electron chi connectivity index (χ1n) is 8.97. The van der Waals surface area contributed by atoms with Crippen LogP contribution in [0.3, 0.4) is 0 Å². The smallest absolute Gasteiger partial charge is 0.335 e. The average molecular weight is 384 g/mol. The van der Waals surface area contributed by atoms with Gasteiger partial charge < -0.3 is 20.1 Å². The first kappa shape index (κ1) is 21.0. The van der Waals surface area contributed by atoms with Crippen molar-refractivity contribution in [3.63, 3.8) is 0 Å². The van der Waals surface area contributed by atoms with Crippen molar-refractivity contribution >= 4 is 23.5 Å². The van der Waals surface area contributed by atoms with Gasteiger partial charge in [0.2, 0.25) is 11.8 Å². The van der Waals surface area contributed by atoms with Crippen molar-refractivity contribution in [1.82, 2.24) is 4.90 Å². The maximum Gasteiger partial charge on any atom is 0.335 e. The number of carboxylic acids is 1. The number of ether oxygens (including phenoxy) is 1. The molecular formula is C21H24N2O5. The Morgan fingerprint density at radius 3 is 2.54 bits per heavy atom. The van der Waals surface area contributed by atoms with Gasteiger partial charge in [0.1, 0.15) is 5.75 Å². The lowest BCUT2D eigenvalue weighted by Gasteiger charge is -2.20. The Balaban J connectivity index is 1.94. The van der Waals surface area contributed by atoms with Gasteiger partial charge in [0.05, 0.1) is 19.2 Å². The van der Waals surface area contributed by atoms with Gasteiger partial charge >= 0.3 is 5.97 Å². The Bertz CT molecular complexity index is 850. The molecule has 0 heterocycles. The van der Waals surface area contributed by atoms with Crippen LogP contribution in [-0.4, -0.2) is 48.0 Å². The second-order valence-electron chi connectivity index (χ2n) is 6.15. The summed E-state index contributed by atoms with van der Waals surface area (Å²) in [6, 6.07) is 13.6. The fourth-order valence-electron chi connectivity index (χ4n) is 2.80. The van der Waals surface area contributed by atoms with Crippen molar-refractivity contribution in [3.8, 4) is 5.75 Å². The highest BCUT2D eigenvalue weighted by molar-refractivity contribution is 5.94. The van der Waals surface area contributed by atoms with Gasteiger partial charge in [0.15, 0.2) is 0 Å². The van der Waals surface area contributed by atoms with E-state index in [1.165, 1.54) is 11.0 Å². The molecule has 0 saturated heterocycles. The van der Waals surface area contributed by atoms with Crippen LogP contribution in [0.15, 0.2) is 48.5 Å². The summed E-state index contributed by atoms with van der Waals surface area (Å²) >= 11 is 0. The van der Waals surface area contributed by atoms with E-state index in [2.05, 4.69) is 5.32 Å². The van der Waals surface area contributed by atoms with E-state index in [-0.39, 0.29) is 30.3 Å². The molecule has 7 heteroatoms. The third kappa shape index (κ3) is 5.84. The molecule has 28 heavy (non-hydrogen) atoms. The molecular weight excluding hydrogens is 360 g/mol. The zero-order valence-electron chi connectivity index (χ0n) is 16.0. The van der Waals surface area contributed by atoms with Gasteiger partial charge in [-0.2, -0.15) is 0 Å². The number of aryl methyl sites for hydroxylation is 1. The minimum Gasteiger partial charge on any atom is -0.497 e. The lowest BCUT2D eigenvalue weighted by molar-refractivity contribution is -0.134. The van der Waals surface area contributed by atoms with E-state index in [1.807, 2.05) is 0 Å². The molecule has 2 aromatic carbocycles. The number of methoxy groups -OCH3 is 1. The van der Waals surface area contributed by atoms with E-state index in [0.717, 1.165) is 0 Å². The maximum atomic E-state index is 12.5. The van der Waals surface area contributed by atoms with Crippen LogP contribution < -0.4 is 10.1 Å². The molecule has 2 amide bonds. The molecule has 0 aliphatic rings. The number of aromatic carboxylic acids is 1. The summed E-state index contributed by atoms with van der Waals surface area (Å²) in [5, 5.41) is 12.0. The van der Waals surface area contributed by atoms with E-state index in [9.17, 15) is 19.5 Å². The van der Waals surface area contributed by atoms with Gasteiger partial charge in [-0.3, -0.25) is 9.59 Å². The summed E-state index contributed by atoms with van der Waals surface area (Å²) in [6.45, 7) is 2.10. The first-order chi connectivity index (χ1) is 13.4. The van der Waals surface area contributed by atoms with Crippen molar-refractivity contribution in [2.75, 3.05) is 25.5 Å². The largest absolute Gasteiger partial charge is 0.497 e. The van der Waals surface area contributed by atoms with Gasteiger partial charge in [0, 0.05) is 24.7 Å². The van der Waals surface area contributed by atoms with Crippen molar-refractivity contribution in [1.29, 1.82) is 0 Å². The fraction of sp³-hybridized carbons (Fsp3) is 0.286. The minimum absolute atomic E-state index is 0.0763. The summed E-state index contributed by atoms with van der Waals surface area (Å²) in [4.78, 5) is 37.5. The van der Waals surface area contributed by atoms with Crippen LogP contribution >= 0.6 is 0 Å². The van der Waals surface area contributed by atoms with Crippen LogP contribution in [0.4, 0.5) is 5.69 Å². The summed E-state index contributed by atoms with van der Waals surface area (Å²) in [6.07, 6.45) is 0.430. The van der Waals surface area contributed by atoms with Gasteiger partial charge in [-0.25, -0.2) is 4.79 Å². The van der Waals surface area contributed by atoms with E-state index < -0.39 is 5.97 Å². The van der Waals surface area contributed by atoms with Crippen molar-refractivity contribution in [3.05, 3.63) is 59.7 Å². The average Bonchev–Trinajstić information content (AvgIpc) is 2.70. The first-order valence-corrected chi connectivity index (χ1v) is 8.97. The number of carbonyl (C=O) groups excluding carboxylic acids is 2. The van der Waals surface area contributed by atoms with Gasteiger partial charge in [0.25, 0.3) is 0 Å². The quantitative estimate of drug-likeness (QED) is 0.693. The standard InChI is InChI=1S/C21H24N2O5/c1-3-23(14-19(24)22-16-8-6-9-17(13-16)28-2)20(25)12-11-15-7-4-5-10-18(15)21(26)27/h4-10,13H,3,11-12,14H2,1-2H3,(H,22,24)(H,26,27). The molecule has 148 valence electrons. The number of rotatable bonds is 9. The molecule has 0 spiro atoms. The molecule has 0 aliphatic heterocycles. The van der Waals surface area contributed by atoms with Crippen molar-refractivity contribution in [2.45, 2.75) is 19.8 Å². The number of carbonyl (C=O) groups is 3. The number of carboxylic acid groups (broad SMARTS) is 1. The number of benzene rings is 2. The number of amides is 2. The van der Waals surface area contributed by atoms with E-state index in [4.69, 9.17) is 4.74 Å². The molecule has 0 aliphatic carbocycles. The number of nitrogens with zero attached hydrogens (tertiary/aromatic N) is 1. The van der Waals surface area contributed by atoms with Crippen LogP contribution in [0.5, 0.6) is 5.75 Å². The SMILES string of the molecule is CCN(CC(=O)Nc1cccc(OC)c1)C(=O)CCc1ccccc1C(=O)O. The molecule has 0 radical (unpaired) electrons. The van der Waals surface area contributed by atoms with E-state index >= 15 is 0 Å². The highest BCUT2D eigenvalue weighted by Gasteiger charge is 2.17. The molecule has 0 aromatic heterocycles. The van der Waals surface area contributed by atoms with Gasteiger partial charge in [-0.05, 0) is 37.1 Å². The Kier molecular flexibility index (Phi) is 7.56. The predicted molar refractivity (Wildman–Crippen MR) is 106 cm³/mol. The summed E-state index contributed by atoms with van der Waals surface area (Å²) in [5.41, 5.74) is 1.37. The molecule has 2 rings (SSSR count). The monoisotopic (exact) mass is 384 g/mol. The topological polar surface area (TPSA) is 95.9 Å². The zero-order chi connectivity index (χ0) is 20.5. The fourth-order valence-corrected chi connectivity index (χ4v) is 2.80. The molecule has 7 nitrogen and oxygen atoms in total. The molecule has 0 bridgehead atoms. The normalized spacial score (nSPS) is 10.2. The third-order valence-electron chi connectivity index (χ3n) is 4.28. The van der Waals surface area contributed by atoms with E-state index in [1.54, 1.807) is 56.5 Å². The number of hydrogen-bond acceptors (Lipinski definition) is 4. The van der Waals surface area contributed by atoms with Crippen LogP contribution in [0.2, 0.25) is 0 Å². The second kappa shape index (κ2) is 10.1. The Morgan fingerprint density at radius 2 is 1.86 bits per heavy atom. The zero-order valence-corrected chi connectivity index (χ0v) is 16.0. The van der Waals surface area contributed by atoms with Crippen molar-refractivity contribution in [2.24, 2.45) is 0 Å². The summed E-state index contributed by atoms with van der Waals surface area (Å²) in [7, 11) is 1.54. The second-order valence-corrected chi connectivity index (χ2v) is 6.15. The minimum atomic E-state index is -1.02. The van der Waals surface area contributed by atoms with Crippen LogP contribution in [0.25, 0.3) is 0 Å². The maximum absolute atomic E-state index is 12.5. The molecule has 2 aromatic rings.